The lowest BCUT2D eigenvalue weighted by Crippen LogP contribution is -2.34. The predicted octanol–water partition coefficient (Wildman–Crippen LogP) is 5.54. The van der Waals surface area contributed by atoms with Crippen LogP contribution in [0.5, 0.6) is 0 Å². The molecule has 0 amide bonds. The molecule has 1 heterocycles. The lowest BCUT2D eigenvalue weighted by Gasteiger charge is -2.31. The normalized spacial score (nSPS) is 21.3. The smallest absolute Gasteiger partial charge is 0.448 e. The van der Waals surface area contributed by atoms with Crippen LogP contribution in [0.25, 0.3) is 0 Å². The Kier molecular flexibility index (Phi) is 6.19. The Labute approximate surface area is 156 Å². The van der Waals surface area contributed by atoms with Gasteiger partial charge in [0.2, 0.25) is 12.0 Å². The quantitative estimate of drug-likeness (QED) is 0.660. The zero-order chi connectivity index (χ0) is 19.3. The molecule has 27 heavy (non-hydrogen) atoms. The van der Waals surface area contributed by atoms with Crippen molar-refractivity contribution in [3.05, 3.63) is 83.6 Å². The summed E-state index contributed by atoms with van der Waals surface area (Å²) in [5.74, 6) is -1.07. The molecule has 0 N–H and O–H groups in total. The molecule has 2 aromatic carbocycles. The van der Waals surface area contributed by atoms with Crippen LogP contribution < -0.4 is 0 Å². The molecule has 6 heteroatoms. The van der Waals surface area contributed by atoms with Gasteiger partial charge in [0.25, 0.3) is 0 Å². The molecule has 0 aromatic heterocycles. The Hall–Kier alpha value is -2.31. The van der Waals surface area contributed by atoms with Crippen molar-refractivity contribution in [2.24, 2.45) is 0 Å². The van der Waals surface area contributed by atoms with Crippen LogP contribution in [0.2, 0.25) is 0 Å². The number of rotatable bonds is 6. The molecule has 0 spiro atoms. The highest BCUT2D eigenvalue weighted by molar-refractivity contribution is 5.17. The van der Waals surface area contributed by atoms with Crippen molar-refractivity contribution >= 4 is 0 Å². The topological polar surface area (TPSA) is 27.7 Å². The monoisotopic (exact) mass is 378 g/mol. The number of ether oxygens (including phenoxy) is 3. The molecule has 3 nitrogen and oxygen atoms in total. The number of hydrogen-bond donors (Lipinski definition) is 0. The molecule has 1 aliphatic rings. The Morgan fingerprint density at radius 2 is 1.67 bits per heavy atom. The van der Waals surface area contributed by atoms with E-state index >= 15 is 0 Å². The SMILES string of the molecule is C[C@@H](O[C@@H]1C=C(C(F)(F)F)O[C@H](OCc2ccccc2)C1)c1ccccc1. The molecule has 0 saturated heterocycles. The maximum Gasteiger partial charge on any atom is 0.448 e. The average molecular weight is 378 g/mol. The fourth-order valence-electron chi connectivity index (χ4n) is 2.84. The van der Waals surface area contributed by atoms with E-state index in [1.807, 2.05) is 67.6 Å². The molecule has 0 radical (unpaired) electrons. The number of hydrogen-bond acceptors (Lipinski definition) is 3. The first-order valence-electron chi connectivity index (χ1n) is 8.73. The Morgan fingerprint density at radius 3 is 2.30 bits per heavy atom. The lowest BCUT2D eigenvalue weighted by atomic mass is 10.1. The highest BCUT2D eigenvalue weighted by Gasteiger charge is 2.41. The second-order valence-electron chi connectivity index (χ2n) is 6.34. The first-order chi connectivity index (χ1) is 12.9. The van der Waals surface area contributed by atoms with Crippen LogP contribution in [0.1, 0.15) is 30.6 Å². The Bertz CT molecular complexity index is 744. The number of allylic oxidation sites excluding steroid dienone is 1. The molecule has 3 atom stereocenters. The Balaban J connectivity index is 1.68. The summed E-state index contributed by atoms with van der Waals surface area (Å²) in [4.78, 5) is 0. The summed E-state index contributed by atoms with van der Waals surface area (Å²) in [7, 11) is 0. The van der Waals surface area contributed by atoms with Crippen molar-refractivity contribution in [2.75, 3.05) is 0 Å². The molecular formula is C21H21F3O3. The van der Waals surface area contributed by atoms with Gasteiger partial charge in [0, 0.05) is 6.42 Å². The third-order valence-corrected chi connectivity index (χ3v) is 4.23. The summed E-state index contributed by atoms with van der Waals surface area (Å²) >= 11 is 0. The van der Waals surface area contributed by atoms with Gasteiger partial charge in [0.15, 0.2) is 0 Å². The van der Waals surface area contributed by atoms with E-state index in [0.717, 1.165) is 17.2 Å². The van der Waals surface area contributed by atoms with Gasteiger partial charge in [-0.25, -0.2) is 0 Å². The summed E-state index contributed by atoms with van der Waals surface area (Å²) < 4.78 is 56.1. The van der Waals surface area contributed by atoms with Crippen molar-refractivity contribution < 1.29 is 27.4 Å². The van der Waals surface area contributed by atoms with Gasteiger partial charge in [0.05, 0.1) is 18.8 Å². The summed E-state index contributed by atoms with van der Waals surface area (Å²) in [6.45, 7) is 1.98. The van der Waals surface area contributed by atoms with E-state index in [1.54, 1.807) is 0 Å². The van der Waals surface area contributed by atoms with Gasteiger partial charge in [-0.05, 0) is 24.1 Å². The number of benzene rings is 2. The fourth-order valence-corrected chi connectivity index (χ4v) is 2.84. The van der Waals surface area contributed by atoms with Crippen molar-refractivity contribution in [3.8, 4) is 0 Å². The van der Waals surface area contributed by atoms with Crippen LogP contribution in [0, 0.1) is 0 Å². The fraction of sp³-hybridized carbons (Fsp3) is 0.333. The zero-order valence-corrected chi connectivity index (χ0v) is 14.9. The van der Waals surface area contributed by atoms with Gasteiger partial charge in [-0.1, -0.05) is 60.7 Å². The third-order valence-electron chi connectivity index (χ3n) is 4.23. The van der Waals surface area contributed by atoms with E-state index in [1.165, 1.54) is 0 Å². The molecule has 0 fully saturated rings. The first kappa shape index (κ1) is 19.5. The van der Waals surface area contributed by atoms with Crippen molar-refractivity contribution in [1.29, 1.82) is 0 Å². The molecule has 0 bridgehead atoms. The van der Waals surface area contributed by atoms with Gasteiger partial charge in [-0.2, -0.15) is 13.2 Å². The van der Waals surface area contributed by atoms with E-state index in [4.69, 9.17) is 14.2 Å². The van der Waals surface area contributed by atoms with Gasteiger partial charge in [-0.3, -0.25) is 0 Å². The minimum atomic E-state index is -4.59. The van der Waals surface area contributed by atoms with Crippen LogP contribution >= 0.6 is 0 Å². The average Bonchev–Trinajstić information content (AvgIpc) is 2.67. The summed E-state index contributed by atoms with van der Waals surface area (Å²) in [5.41, 5.74) is 1.76. The van der Waals surface area contributed by atoms with E-state index in [-0.39, 0.29) is 19.1 Å². The van der Waals surface area contributed by atoms with Gasteiger partial charge >= 0.3 is 6.18 Å². The largest absolute Gasteiger partial charge is 0.460 e. The second kappa shape index (κ2) is 8.59. The predicted molar refractivity (Wildman–Crippen MR) is 94.6 cm³/mol. The minimum absolute atomic E-state index is 0.164. The molecule has 0 aliphatic carbocycles. The maximum atomic E-state index is 13.2. The van der Waals surface area contributed by atoms with E-state index in [9.17, 15) is 13.2 Å². The second-order valence-corrected chi connectivity index (χ2v) is 6.34. The number of halogens is 3. The van der Waals surface area contributed by atoms with Crippen LogP contribution in [0.4, 0.5) is 13.2 Å². The van der Waals surface area contributed by atoms with Crippen LogP contribution in [0.3, 0.4) is 0 Å². The number of alkyl halides is 3. The standard InChI is InChI=1S/C21H21F3O3/c1-15(17-10-6-3-7-11-17)26-18-12-19(21(22,23)24)27-20(13-18)25-14-16-8-4-2-5-9-16/h2-12,15,18,20H,13-14H2,1H3/t15-,18-,20+/m1/s1. The van der Waals surface area contributed by atoms with E-state index < -0.39 is 24.3 Å². The van der Waals surface area contributed by atoms with E-state index in [2.05, 4.69) is 0 Å². The van der Waals surface area contributed by atoms with Gasteiger partial charge < -0.3 is 14.2 Å². The maximum absolute atomic E-state index is 13.2. The van der Waals surface area contributed by atoms with Gasteiger partial charge in [-0.15, -0.1) is 0 Å². The van der Waals surface area contributed by atoms with Crippen LogP contribution in [-0.4, -0.2) is 18.6 Å². The highest BCUT2D eigenvalue weighted by atomic mass is 19.4. The zero-order valence-electron chi connectivity index (χ0n) is 14.9. The highest BCUT2D eigenvalue weighted by Crippen LogP contribution is 2.34. The van der Waals surface area contributed by atoms with Crippen molar-refractivity contribution in [2.45, 2.75) is 44.6 Å². The van der Waals surface area contributed by atoms with Crippen molar-refractivity contribution in [1.82, 2.24) is 0 Å². The molecular weight excluding hydrogens is 357 g/mol. The summed E-state index contributed by atoms with van der Waals surface area (Å²) in [5, 5.41) is 0. The summed E-state index contributed by atoms with van der Waals surface area (Å²) in [6.07, 6.45) is -5.56. The molecule has 0 saturated carbocycles. The molecule has 1 aliphatic heterocycles. The van der Waals surface area contributed by atoms with Crippen LogP contribution in [-0.2, 0) is 20.8 Å². The van der Waals surface area contributed by atoms with Crippen molar-refractivity contribution in [3.63, 3.8) is 0 Å². The first-order valence-corrected chi connectivity index (χ1v) is 8.73. The minimum Gasteiger partial charge on any atom is -0.460 e. The molecule has 144 valence electrons. The third kappa shape index (κ3) is 5.58. The van der Waals surface area contributed by atoms with Gasteiger partial charge in [0.1, 0.15) is 0 Å². The van der Waals surface area contributed by atoms with E-state index in [0.29, 0.717) is 0 Å². The summed E-state index contributed by atoms with van der Waals surface area (Å²) in [6, 6.07) is 18.6. The lowest BCUT2D eigenvalue weighted by molar-refractivity contribution is -0.210. The molecule has 0 unspecified atom stereocenters. The van der Waals surface area contributed by atoms with Crippen LogP contribution in [0.15, 0.2) is 72.5 Å². The molecule has 3 rings (SSSR count). The Morgan fingerprint density at radius 1 is 1.04 bits per heavy atom. The molecule has 2 aromatic rings.